The lowest BCUT2D eigenvalue weighted by Gasteiger charge is -2.17. The summed E-state index contributed by atoms with van der Waals surface area (Å²) in [5.74, 6) is 0.335. The van der Waals surface area contributed by atoms with E-state index in [1.807, 2.05) is 13.8 Å². The van der Waals surface area contributed by atoms with Crippen LogP contribution in [0.3, 0.4) is 0 Å². The molecule has 2 aromatic heterocycles. The third-order valence-corrected chi connectivity index (χ3v) is 4.74. The molecule has 0 saturated carbocycles. The molecule has 0 aromatic carbocycles. The summed E-state index contributed by atoms with van der Waals surface area (Å²) < 4.78 is 10.8. The first-order valence-electron chi connectivity index (χ1n) is 8.89. The predicted octanol–water partition coefficient (Wildman–Crippen LogP) is 2.66. The molecule has 8 nitrogen and oxygen atoms in total. The molecule has 3 rings (SSSR count). The van der Waals surface area contributed by atoms with E-state index in [4.69, 9.17) is 9.47 Å². The molecule has 0 atom stereocenters. The number of rotatable bonds is 6. The molecule has 28 heavy (non-hydrogen) atoms. The zero-order chi connectivity index (χ0) is 19.9. The van der Waals surface area contributed by atoms with Crippen LogP contribution in [0.15, 0.2) is 41.7 Å². The quantitative estimate of drug-likeness (QED) is 0.736. The molecule has 2 aromatic rings. The number of aliphatic imine (C=N–C) groups is 1. The summed E-state index contributed by atoms with van der Waals surface area (Å²) in [5.41, 5.74) is 0.594. The van der Waals surface area contributed by atoms with Crippen molar-refractivity contribution in [2.24, 2.45) is 4.99 Å². The monoisotopic (exact) mass is 400 g/mol. The average Bonchev–Trinajstić information content (AvgIpc) is 3.17. The van der Waals surface area contributed by atoms with E-state index in [1.54, 1.807) is 36.7 Å². The standard InChI is InChI=1S/C19H20N4O4S/c1-3-26-16-13(7-5-9-20-16)15(24)22-19-23(11-12-28-19)18(25)14-8-6-10-21-17(14)27-4-2/h5-10H,3-4,11-12H2,1-2H3. The number of ether oxygens (including phenoxy) is 2. The van der Waals surface area contributed by atoms with Gasteiger partial charge in [0.1, 0.15) is 11.1 Å². The van der Waals surface area contributed by atoms with Crippen LogP contribution in [0, 0.1) is 0 Å². The van der Waals surface area contributed by atoms with Crippen LogP contribution in [0.5, 0.6) is 11.8 Å². The molecule has 0 spiro atoms. The van der Waals surface area contributed by atoms with E-state index < -0.39 is 5.91 Å². The molecule has 0 N–H and O–H groups in total. The number of amides is 2. The van der Waals surface area contributed by atoms with E-state index in [9.17, 15) is 9.59 Å². The second-order valence-corrected chi connectivity index (χ2v) is 6.65. The van der Waals surface area contributed by atoms with E-state index in [2.05, 4.69) is 15.0 Å². The maximum atomic E-state index is 13.0. The molecular weight excluding hydrogens is 380 g/mol. The van der Waals surface area contributed by atoms with Crippen molar-refractivity contribution in [3.63, 3.8) is 0 Å². The van der Waals surface area contributed by atoms with E-state index in [1.165, 1.54) is 16.7 Å². The Morgan fingerprint density at radius 3 is 2.32 bits per heavy atom. The van der Waals surface area contributed by atoms with Crippen LogP contribution < -0.4 is 9.47 Å². The van der Waals surface area contributed by atoms with Gasteiger partial charge in [0, 0.05) is 24.7 Å². The smallest absolute Gasteiger partial charge is 0.284 e. The minimum atomic E-state index is -0.505. The van der Waals surface area contributed by atoms with E-state index in [-0.39, 0.29) is 23.2 Å². The molecule has 1 aliphatic rings. The second-order valence-electron chi connectivity index (χ2n) is 5.58. The van der Waals surface area contributed by atoms with Gasteiger partial charge in [-0.1, -0.05) is 11.8 Å². The van der Waals surface area contributed by atoms with Crippen molar-refractivity contribution in [1.29, 1.82) is 0 Å². The highest BCUT2D eigenvalue weighted by atomic mass is 32.2. The Bertz CT molecular complexity index is 903. The largest absolute Gasteiger partial charge is 0.477 e. The lowest BCUT2D eigenvalue weighted by molar-refractivity contribution is 0.0854. The maximum absolute atomic E-state index is 13.0. The highest BCUT2D eigenvalue weighted by Crippen LogP contribution is 2.25. The van der Waals surface area contributed by atoms with E-state index >= 15 is 0 Å². The summed E-state index contributed by atoms with van der Waals surface area (Å²) in [6.07, 6.45) is 3.11. The summed E-state index contributed by atoms with van der Waals surface area (Å²) in [6, 6.07) is 6.57. The number of aromatic nitrogens is 2. The number of carbonyl (C=O) groups excluding carboxylic acids is 2. The van der Waals surface area contributed by atoms with Gasteiger partial charge in [-0.25, -0.2) is 9.97 Å². The number of thioether (sulfide) groups is 1. The fourth-order valence-corrected chi connectivity index (χ4v) is 3.52. The van der Waals surface area contributed by atoms with Crippen LogP contribution in [-0.2, 0) is 0 Å². The Morgan fingerprint density at radius 1 is 1.07 bits per heavy atom. The number of pyridine rings is 2. The van der Waals surface area contributed by atoms with Crippen molar-refractivity contribution in [2.75, 3.05) is 25.5 Å². The molecule has 1 fully saturated rings. The van der Waals surface area contributed by atoms with Gasteiger partial charge in [0.2, 0.25) is 11.8 Å². The fraction of sp³-hybridized carbons (Fsp3) is 0.316. The fourth-order valence-electron chi connectivity index (χ4n) is 2.59. The van der Waals surface area contributed by atoms with Gasteiger partial charge in [-0.15, -0.1) is 0 Å². The Balaban J connectivity index is 1.87. The van der Waals surface area contributed by atoms with Gasteiger partial charge in [0.25, 0.3) is 11.8 Å². The van der Waals surface area contributed by atoms with Crippen molar-refractivity contribution in [2.45, 2.75) is 13.8 Å². The van der Waals surface area contributed by atoms with Gasteiger partial charge in [0.15, 0.2) is 5.17 Å². The molecule has 0 unspecified atom stereocenters. The summed E-state index contributed by atoms with van der Waals surface area (Å²) >= 11 is 1.35. The Kier molecular flexibility index (Phi) is 6.59. The van der Waals surface area contributed by atoms with Gasteiger partial charge < -0.3 is 9.47 Å². The zero-order valence-electron chi connectivity index (χ0n) is 15.6. The van der Waals surface area contributed by atoms with E-state index in [0.29, 0.717) is 36.2 Å². The van der Waals surface area contributed by atoms with Crippen LogP contribution in [0.4, 0.5) is 0 Å². The minimum absolute atomic E-state index is 0.228. The van der Waals surface area contributed by atoms with Crippen molar-refractivity contribution in [3.05, 3.63) is 47.8 Å². The molecule has 3 heterocycles. The van der Waals surface area contributed by atoms with Gasteiger partial charge in [-0.2, -0.15) is 4.99 Å². The topological polar surface area (TPSA) is 94.0 Å². The number of nitrogens with zero attached hydrogens (tertiary/aromatic N) is 4. The van der Waals surface area contributed by atoms with Crippen molar-refractivity contribution in [3.8, 4) is 11.8 Å². The molecule has 2 amide bonds. The molecule has 1 saturated heterocycles. The SMILES string of the molecule is CCOc1ncccc1C(=O)N=C1SCCN1C(=O)c1cccnc1OCC. The predicted molar refractivity (Wildman–Crippen MR) is 106 cm³/mol. The van der Waals surface area contributed by atoms with Crippen LogP contribution in [0.1, 0.15) is 34.6 Å². The third kappa shape index (κ3) is 4.30. The van der Waals surface area contributed by atoms with Gasteiger partial charge in [-0.05, 0) is 38.1 Å². The van der Waals surface area contributed by atoms with Gasteiger partial charge in [0.05, 0.1) is 13.2 Å². The van der Waals surface area contributed by atoms with E-state index in [0.717, 1.165) is 0 Å². The van der Waals surface area contributed by atoms with Crippen molar-refractivity contribution >= 4 is 28.7 Å². The Morgan fingerprint density at radius 2 is 1.68 bits per heavy atom. The highest BCUT2D eigenvalue weighted by Gasteiger charge is 2.30. The summed E-state index contributed by atoms with van der Waals surface area (Å²) in [7, 11) is 0. The van der Waals surface area contributed by atoms with Crippen LogP contribution in [-0.4, -0.2) is 57.4 Å². The molecule has 0 bridgehead atoms. The first kappa shape index (κ1) is 19.8. The average molecular weight is 400 g/mol. The number of hydrogen-bond acceptors (Lipinski definition) is 7. The summed E-state index contributed by atoms with van der Waals surface area (Å²) in [4.78, 5) is 39.5. The van der Waals surface area contributed by atoms with Crippen molar-refractivity contribution < 1.29 is 19.1 Å². The van der Waals surface area contributed by atoms with Gasteiger partial charge >= 0.3 is 0 Å². The summed E-state index contributed by atoms with van der Waals surface area (Å²) in [5, 5.41) is 0.340. The van der Waals surface area contributed by atoms with Crippen LogP contribution in [0.2, 0.25) is 0 Å². The van der Waals surface area contributed by atoms with Crippen LogP contribution in [0.25, 0.3) is 0 Å². The number of hydrogen-bond donors (Lipinski definition) is 0. The molecule has 9 heteroatoms. The maximum Gasteiger partial charge on any atom is 0.284 e. The van der Waals surface area contributed by atoms with Gasteiger partial charge in [-0.3, -0.25) is 14.5 Å². The Labute approximate surface area is 167 Å². The second kappa shape index (κ2) is 9.32. The third-order valence-electron chi connectivity index (χ3n) is 3.78. The zero-order valence-corrected chi connectivity index (χ0v) is 16.4. The Hall–Kier alpha value is -2.94. The molecule has 0 aliphatic carbocycles. The summed E-state index contributed by atoms with van der Waals surface area (Å²) in [6.45, 7) is 4.86. The lowest BCUT2D eigenvalue weighted by Crippen LogP contribution is -2.32. The highest BCUT2D eigenvalue weighted by molar-refractivity contribution is 8.14. The molecule has 146 valence electrons. The van der Waals surface area contributed by atoms with Crippen LogP contribution >= 0.6 is 11.8 Å². The lowest BCUT2D eigenvalue weighted by atomic mass is 10.2. The number of amidine groups is 1. The van der Waals surface area contributed by atoms with Crippen molar-refractivity contribution in [1.82, 2.24) is 14.9 Å². The number of carbonyl (C=O) groups is 2. The normalized spacial score (nSPS) is 14.9. The first-order valence-corrected chi connectivity index (χ1v) is 9.87. The minimum Gasteiger partial charge on any atom is -0.477 e. The molecule has 0 radical (unpaired) electrons. The first-order chi connectivity index (χ1) is 13.7. The molecule has 1 aliphatic heterocycles. The molecular formula is C19H20N4O4S.